The summed E-state index contributed by atoms with van der Waals surface area (Å²) in [4.78, 5) is 23.8. The first-order valence-corrected chi connectivity index (χ1v) is 10.6. The zero-order valence-electron chi connectivity index (χ0n) is 16.7. The van der Waals surface area contributed by atoms with Crippen molar-refractivity contribution in [3.63, 3.8) is 0 Å². The molecule has 1 saturated heterocycles. The molecule has 146 valence electrons. The van der Waals surface area contributed by atoms with E-state index >= 15 is 0 Å². The monoisotopic (exact) mass is 387 g/mol. The van der Waals surface area contributed by atoms with E-state index in [1.807, 2.05) is 24.0 Å². The van der Waals surface area contributed by atoms with Gasteiger partial charge in [-0.3, -0.25) is 9.78 Å². The molecule has 5 nitrogen and oxygen atoms in total. The van der Waals surface area contributed by atoms with Crippen LogP contribution in [0.1, 0.15) is 62.8 Å². The molecule has 0 aromatic carbocycles. The molecule has 0 saturated carbocycles. The number of thiazole rings is 1. The Kier molecular flexibility index (Phi) is 6.15. The van der Waals surface area contributed by atoms with Crippen molar-refractivity contribution in [2.45, 2.75) is 58.3 Å². The number of nitrogens with zero attached hydrogens (tertiary/aromatic N) is 3. The fourth-order valence-corrected chi connectivity index (χ4v) is 4.45. The van der Waals surface area contributed by atoms with E-state index < -0.39 is 0 Å². The number of hydrogen-bond donors (Lipinski definition) is 0. The number of hydrogen-bond acceptors (Lipinski definition) is 5. The highest BCUT2D eigenvalue weighted by Crippen LogP contribution is 2.33. The molecule has 6 heteroatoms. The van der Waals surface area contributed by atoms with E-state index in [0.717, 1.165) is 37.4 Å². The zero-order chi connectivity index (χ0) is 19.4. The van der Waals surface area contributed by atoms with Gasteiger partial charge < -0.3 is 9.64 Å². The molecule has 3 rings (SSSR count). The molecule has 0 N–H and O–H groups in total. The minimum atomic E-state index is 0.0934. The highest BCUT2D eigenvalue weighted by atomic mass is 32.1. The summed E-state index contributed by atoms with van der Waals surface area (Å²) in [6.07, 6.45) is 4.01. The maximum Gasteiger partial charge on any atom is 0.228 e. The Morgan fingerprint density at radius 1 is 1.30 bits per heavy atom. The normalized spacial score (nSPS) is 15.8. The van der Waals surface area contributed by atoms with Crippen molar-refractivity contribution in [1.82, 2.24) is 14.9 Å². The van der Waals surface area contributed by atoms with Crippen LogP contribution in [0.15, 0.2) is 23.7 Å². The van der Waals surface area contributed by atoms with Crippen molar-refractivity contribution in [3.8, 4) is 5.75 Å². The van der Waals surface area contributed by atoms with Crippen LogP contribution in [0.25, 0.3) is 0 Å². The first-order valence-electron chi connectivity index (χ1n) is 9.68. The van der Waals surface area contributed by atoms with E-state index in [1.54, 1.807) is 17.5 Å². The van der Waals surface area contributed by atoms with Crippen LogP contribution in [0.4, 0.5) is 0 Å². The average molecular weight is 388 g/mol. The van der Waals surface area contributed by atoms with Crippen molar-refractivity contribution < 1.29 is 9.53 Å². The lowest BCUT2D eigenvalue weighted by Gasteiger charge is -2.31. The summed E-state index contributed by atoms with van der Waals surface area (Å²) in [5.41, 5.74) is 2.05. The van der Waals surface area contributed by atoms with Crippen LogP contribution < -0.4 is 4.74 Å². The minimum Gasteiger partial charge on any atom is -0.492 e. The molecule has 0 radical (unpaired) electrons. The molecular weight excluding hydrogens is 358 g/mol. The molecule has 2 aromatic heterocycles. The number of piperidine rings is 1. The Hall–Kier alpha value is -1.95. The summed E-state index contributed by atoms with van der Waals surface area (Å²) < 4.78 is 5.40. The highest BCUT2D eigenvalue weighted by molar-refractivity contribution is 7.09. The second kappa shape index (κ2) is 8.38. The lowest BCUT2D eigenvalue weighted by molar-refractivity contribution is -0.131. The van der Waals surface area contributed by atoms with E-state index in [-0.39, 0.29) is 11.3 Å². The van der Waals surface area contributed by atoms with E-state index in [2.05, 4.69) is 31.1 Å². The Morgan fingerprint density at radius 2 is 2.04 bits per heavy atom. The number of carbonyl (C=O) groups excluding carboxylic acids is 1. The van der Waals surface area contributed by atoms with Crippen LogP contribution in [0.2, 0.25) is 0 Å². The topological polar surface area (TPSA) is 55.3 Å². The summed E-state index contributed by atoms with van der Waals surface area (Å²) in [7, 11) is 0. The maximum absolute atomic E-state index is 12.6. The van der Waals surface area contributed by atoms with Gasteiger partial charge in [0.05, 0.1) is 29.9 Å². The molecule has 2 aromatic rings. The SMILES string of the molecule is CCOc1ccc(CC(=O)N2CCC(c3nc(C(C)(C)C)cs3)CC2)nc1. The third-order valence-electron chi connectivity index (χ3n) is 4.93. The lowest BCUT2D eigenvalue weighted by Crippen LogP contribution is -2.38. The van der Waals surface area contributed by atoms with Crippen LogP contribution in [0.5, 0.6) is 5.75 Å². The molecule has 3 heterocycles. The number of aromatic nitrogens is 2. The van der Waals surface area contributed by atoms with Gasteiger partial charge in [0.1, 0.15) is 5.75 Å². The third-order valence-corrected chi connectivity index (χ3v) is 5.94. The average Bonchev–Trinajstić information content (AvgIpc) is 3.14. The Labute approximate surface area is 165 Å². The second-order valence-corrected chi connectivity index (χ2v) is 8.96. The van der Waals surface area contributed by atoms with Gasteiger partial charge in [0.2, 0.25) is 5.91 Å². The van der Waals surface area contributed by atoms with Crippen molar-refractivity contribution >= 4 is 17.2 Å². The lowest BCUT2D eigenvalue weighted by atomic mass is 9.93. The van der Waals surface area contributed by atoms with Gasteiger partial charge in [0, 0.05) is 35.5 Å². The van der Waals surface area contributed by atoms with Crippen LogP contribution in [0.3, 0.4) is 0 Å². The van der Waals surface area contributed by atoms with Gasteiger partial charge in [-0.25, -0.2) is 4.98 Å². The summed E-state index contributed by atoms with van der Waals surface area (Å²) in [6.45, 7) is 10.7. The molecule has 1 aliphatic rings. The first-order chi connectivity index (χ1) is 12.9. The van der Waals surface area contributed by atoms with Crippen LogP contribution in [-0.2, 0) is 16.6 Å². The van der Waals surface area contributed by atoms with Gasteiger partial charge in [0.25, 0.3) is 0 Å². The quantitative estimate of drug-likeness (QED) is 0.772. The maximum atomic E-state index is 12.6. The fourth-order valence-electron chi connectivity index (χ4n) is 3.23. The summed E-state index contributed by atoms with van der Waals surface area (Å²) in [6, 6.07) is 3.75. The van der Waals surface area contributed by atoms with E-state index in [4.69, 9.17) is 9.72 Å². The van der Waals surface area contributed by atoms with Gasteiger partial charge in [-0.1, -0.05) is 20.8 Å². The molecule has 1 aliphatic heterocycles. The molecule has 1 amide bonds. The molecule has 0 unspecified atom stereocenters. The Morgan fingerprint density at radius 3 is 2.59 bits per heavy atom. The molecule has 1 fully saturated rings. The van der Waals surface area contributed by atoms with Gasteiger partial charge in [0.15, 0.2) is 0 Å². The Bertz CT molecular complexity index is 756. The summed E-state index contributed by atoms with van der Waals surface area (Å²) >= 11 is 1.76. The molecule has 0 atom stereocenters. The van der Waals surface area contributed by atoms with Gasteiger partial charge >= 0.3 is 0 Å². The number of pyridine rings is 1. The highest BCUT2D eigenvalue weighted by Gasteiger charge is 2.27. The summed E-state index contributed by atoms with van der Waals surface area (Å²) in [5.74, 6) is 1.37. The van der Waals surface area contributed by atoms with Crippen molar-refractivity contribution in [2.24, 2.45) is 0 Å². The molecule has 0 aliphatic carbocycles. The second-order valence-electron chi connectivity index (χ2n) is 8.07. The minimum absolute atomic E-state index is 0.0934. The van der Waals surface area contributed by atoms with Gasteiger partial charge in [-0.15, -0.1) is 11.3 Å². The van der Waals surface area contributed by atoms with Crippen LogP contribution >= 0.6 is 11.3 Å². The fraction of sp³-hybridized carbons (Fsp3) is 0.571. The standard InChI is InChI=1S/C21H29N3O2S/c1-5-26-17-7-6-16(22-13-17)12-19(25)24-10-8-15(9-11-24)20-23-18(14-27-20)21(2,3)4/h6-7,13-15H,5,8-12H2,1-4H3. The first kappa shape index (κ1) is 19.8. The molecule has 0 bridgehead atoms. The summed E-state index contributed by atoms with van der Waals surface area (Å²) in [5, 5.41) is 3.41. The van der Waals surface area contributed by atoms with E-state index in [1.165, 1.54) is 10.7 Å². The molecule has 27 heavy (non-hydrogen) atoms. The third kappa shape index (κ3) is 5.06. The van der Waals surface area contributed by atoms with E-state index in [0.29, 0.717) is 18.9 Å². The number of carbonyl (C=O) groups is 1. The van der Waals surface area contributed by atoms with Crippen LogP contribution in [0, 0.1) is 0 Å². The number of rotatable bonds is 5. The van der Waals surface area contributed by atoms with Gasteiger partial charge in [-0.2, -0.15) is 0 Å². The van der Waals surface area contributed by atoms with Crippen LogP contribution in [-0.4, -0.2) is 40.5 Å². The predicted octanol–water partition coefficient (Wildman–Crippen LogP) is 4.18. The number of amides is 1. The largest absolute Gasteiger partial charge is 0.492 e. The zero-order valence-corrected chi connectivity index (χ0v) is 17.5. The number of ether oxygens (including phenoxy) is 1. The smallest absolute Gasteiger partial charge is 0.228 e. The van der Waals surface area contributed by atoms with Gasteiger partial charge in [-0.05, 0) is 31.9 Å². The number of likely N-dealkylation sites (tertiary alicyclic amines) is 1. The van der Waals surface area contributed by atoms with E-state index in [9.17, 15) is 4.79 Å². The molecular formula is C21H29N3O2S. The van der Waals surface area contributed by atoms with Crippen molar-refractivity contribution in [1.29, 1.82) is 0 Å². The predicted molar refractivity (Wildman–Crippen MR) is 108 cm³/mol. The van der Waals surface area contributed by atoms with Crippen molar-refractivity contribution in [3.05, 3.63) is 40.1 Å². The molecule has 0 spiro atoms. The van der Waals surface area contributed by atoms with Crippen molar-refractivity contribution in [2.75, 3.05) is 19.7 Å². The Balaban J connectivity index is 1.52.